The SMILES string of the molecule is CCC(C)(C)NC(=O)COC(=O)c1ccc(-c2ccccc2F)o1. The van der Waals surface area contributed by atoms with Crippen LogP contribution in [0.25, 0.3) is 11.3 Å². The predicted octanol–water partition coefficient (Wildman–Crippen LogP) is 3.55. The van der Waals surface area contributed by atoms with E-state index in [9.17, 15) is 14.0 Å². The maximum absolute atomic E-state index is 13.7. The summed E-state index contributed by atoms with van der Waals surface area (Å²) in [4.78, 5) is 23.7. The van der Waals surface area contributed by atoms with Gasteiger partial charge in [0.05, 0.1) is 5.56 Å². The van der Waals surface area contributed by atoms with Crippen molar-refractivity contribution in [2.45, 2.75) is 32.7 Å². The number of hydrogen-bond donors (Lipinski definition) is 1. The summed E-state index contributed by atoms with van der Waals surface area (Å²) < 4.78 is 23.9. The van der Waals surface area contributed by atoms with Gasteiger partial charge in [-0.05, 0) is 44.5 Å². The van der Waals surface area contributed by atoms with Gasteiger partial charge in [-0.25, -0.2) is 9.18 Å². The van der Waals surface area contributed by atoms with Crippen molar-refractivity contribution in [2.75, 3.05) is 6.61 Å². The van der Waals surface area contributed by atoms with Crippen molar-refractivity contribution in [2.24, 2.45) is 0 Å². The molecule has 0 saturated carbocycles. The summed E-state index contributed by atoms with van der Waals surface area (Å²) in [5, 5.41) is 2.75. The Balaban J connectivity index is 1.97. The van der Waals surface area contributed by atoms with Crippen molar-refractivity contribution in [3.05, 3.63) is 48.0 Å². The van der Waals surface area contributed by atoms with Gasteiger partial charge in [-0.2, -0.15) is 0 Å². The van der Waals surface area contributed by atoms with Gasteiger partial charge in [0.25, 0.3) is 5.91 Å². The van der Waals surface area contributed by atoms with Gasteiger partial charge in [-0.3, -0.25) is 4.79 Å². The van der Waals surface area contributed by atoms with Gasteiger partial charge in [0.2, 0.25) is 5.76 Å². The number of carbonyl (C=O) groups is 2. The molecule has 2 aromatic rings. The number of hydrogen-bond acceptors (Lipinski definition) is 4. The molecule has 6 heteroatoms. The van der Waals surface area contributed by atoms with Gasteiger partial charge in [0.15, 0.2) is 6.61 Å². The first-order valence-corrected chi connectivity index (χ1v) is 7.65. The molecule has 0 aliphatic carbocycles. The number of carbonyl (C=O) groups excluding carboxylic acids is 2. The molecule has 128 valence electrons. The fourth-order valence-electron chi connectivity index (χ4n) is 1.96. The second-order valence-electron chi connectivity index (χ2n) is 6.01. The van der Waals surface area contributed by atoms with Crippen LogP contribution in [0.3, 0.4) is 0 Å². The number of ether oxygens (including phenoxy) is 1. The summed E-state index contributed by atoms with van der Waals surface area (Å²) in [5.74, 6) is -1.49. The lowest BCUT2D eigenvalue weighted by atomic mass is 10.0. The van der Waals surface area contributed by atoms with Gasteiger partial charge in [0, 0.05) is 5.54 Å². The zero-order chi connectivity index (χ0) is 17.7. The van der Waals surface area contributed by atoms with Crippen LogP contribution in [0, 0.1) is 5.82 Å². The van der Waals surface area contributed by atoms with E-state index in [1.165, 1.54) is 18.2 Å². The molecule has 1 heterocycles. The third kappa shape index (κ3) is 4.44. The fourth-order valence-corrected chi connectivity index (χ4v) is 1.96. The maximum Gasteiger partial charge on any atom is 0.374 e. The number of esters is 1. The molecule has 0 saturated heterocycles. The summed E-state index contributed by atoms with van der Waals surface area (Å²) in [6, 6.07) is 8.94. The van der Waals surface area contributed by atoms with E-state index < -0.39 is 24.3 Å². The molecule has 2 rings (SSSR count). The molecule has 0 fully saturated rings. The van der Waals surface area contributed by atoms with Crippen LogP contribution in [-0.4, -0.2) is 24.0 Å². The lowest BCUT2D eigenvalue weighted by Gasteiger charge is -2.24. The highest BCUT2D eigenvalue weighted by Gasteiger charge is 2.20. The highest BCUT2D eigenvalue weighted by molar-refractivity contribution is 5.89. The smallest absolute Gasteiger partial charge is 0.374 e. The summed E-state index contributed by atoms with van der Waals surface area (Å²) >= 11 is 0. The minimum absolute atomic E-state index is 0.0872. The van der Waals surface area contributed by atoms with Crippen molar-refractivity contribution in [3.8, 4) is 11.3 Å². The molecule has 1 amide bonds. The average molecular weight is 333 g/mol. The van der Waals surface area contributed by atoms with Gasteiger partial charge in [-0.15, -0.1) is 0 Å². The van der Waals surface area contributed by atoms with Crippen LogP contribution in [0.1, 0.15) is 37.7 Å². The van der Waals surface area contributed by atoms with E-state index >= 15 is 0 Å². The zero-order valence-corrected chi connectivity index (χ0v) is 13.9. The molecular formula is C18H20FNO4. The molecule has 0 spiro atoms. The Kier molecular flexibility index (Phi) is 5.39. The van der Waals surface area contributed by atoms with Gasteiger partial charge in [0.1, 0.15) is 11.6 Å². The normalized spacial score (nSPS) is 11.2. The van der Waals surface area contributed by atoms with Crippen LogP contribution in [0.2, 0.25) is 0 Å². The highest BCUT2D eigenvalue weighted by atomic mass is 19.1. The molecular weight excluding hydrogens is 313 g/mol. The van der Waals surface area contributed by atoms with E-state index in [2.05, 4.69) is 5.32 Å². The number of rotatable bonds is 6. The summed E-state index contributed by atoms with van der Waals surface area (Å²) in [6.07, 6.45) is 0.747. The second kappa shape index (κ2) is 7.29. The van der Waals surface area contributed by atoms with E-state index in [4.69, 9.17) is 9.15 Å². The lowest BCUT2D eigenvalue weighted by molar-refractivity contribution is -0.125. The van der Waals surface area contributed by atoms with Crippen LogP contribution in [0.15, 0.2) is 40.8 Å². The van der Waals surface area contributed by atoms with E-state index in [0.717, 1.165) is 6.42 Å². The van der Waals surface area contributed by atoms with Crippen molar-refractivity contribution >= 4 is 11.9 Å². The minimum atomic E-state index is -0.776. The minimum Gasteiger partial charge on any atom is -0.450 e. The number of halogens is 1. The van der Waals surface area contributed by atoms with Crippen molar-refractivity contribution in [3.63, 3.8) is 0 Å². The Bertz CT molecular complexity index is 736. The standard InChI is InChI=1S/C18H20FNO4/c1-4-18(2,3)20-16(21)11-23-17(22)15-10-9-14(24-15)12-7-5-6-8-13(12)19/h5-10H,4,11H2,1-3H3,(H,20,21). The van der Waals surface area contributed by atoms with Crippen molar-refractivity contribution in [1.82, 2.24) is 5.32 Å². The van der Waals surface area contributed by atoms with E-state index in [0.29, 0.717) is 0 Å². The quantitative estimate of drug-likeness (QED) is 0.821. The Labute approximate surface area is 139 Å². The lowest BCUT2D eigenvalue weighted by Crippen LogP contribution is -2.44. The molecule has 0 unspecified atom stereocenters. The van der Waals surface area contributed by atoms with E-state index in [1.807, 2.05) is 20.8 Å². The van der Waals surface area contributed by atoms with Crippen LogP contribution in [-0.2, 0) is 9.53 Å². The number of benzene rings is 1. The number of furan rings is 1. The number of nitrogens with one attached hydrogen (secondary N) is 1. The second-order valence-corrected chi connectivity index (χ2v) is 6.01. The third-order valence-corrected chi connectivity index (χ3v) is 3.64. The molecule has 5 nitrogen and oxygen atoms in total. The zero-order valence-electron chi connectivity index (χ0n) is 13.9. The third-order valence-electron chi connectivity index (χ3n) is 3.64. The molecule has 0 aliphatic heterocycles. The fraction of sp³-hybridized carbons (Fsp3) is 0.333. The molecule has 0 bridgehead atoms. The van der Waals surface area contributed by atoms with Crippen molar-refractivity contribution in [1.29, 1.82) is 0 Å². The molecule has 24 heavy (non-hydrogen) atoms. The van der Waals surface area contributed by atoms with Gasteiger partial charge < -0.3 is 14.5 Å². The Morgan fingerprint density at radius 1 is 1.21 bits per heavy atom. The van der Waals surface area contributed by atoms with E-state index in [1.54, 1.807) is 18.2 Å². The summed E-state index contributed by atoms with van der Waals surface area (Å²) in [7, 11) is 0. The topological polar surface area (TPSA) is 68.5 Å². The first-order valence-electron chi connectivity index (χ1n) is 7.65. The Morgan fingerprint density at radius 3 is 2.58 bits per heavy atom. The Hall–Kier alpha value is -2.63. The summed E-state index contributed by atoms with van der Waals surface area (Å²) in [6.45, 7) is 5.29. The Morgan fingerprint density at radius 2 is 1.92 bits per heavy atom. The van der Waals surface area contributed by atoms with Gasteiger partial charge >= 0.3 is 5.97 Å². The summed E-state index contributed by atoms with van der Waals surface area (Å²) in [5.41, 5.74) is -0.120. The average Bonchev–Trinajstić information content (AvgIpc) is 3.02. The molecule has 1 N–H and O–H groups in total. The van der Waals surface area contributed by atoms with Crippen LogP contribution in [0.4, 0.5) is 4.39 Å². The maximum atomic E-state index is 13.7. The highest BCUT2D eigenvalue weighted by Crippen LogP contribution is 2.25. The molecule has 0 aliphatic rings. The van der Waals surface area contributed by atoms with Crippen molar-refractivity contribution < 1.29 is 23.1 Å². The number of amides is 1. The molecule has 1 aromatic heterocycles. The molecule has 0 atom stereocenters. The predicted molar refractivity (Wildman–Crippen MR) is 86.9 cm³/mol. The molecule has 1 aromatic carbocycles. The van der Waals surface area contributed by atoms with Crippen LogP contribution in [0.5, 0.6) is 0 Å². The van der Waals surface area contributed by atoms with E-state index in [-0.39, 0.29) is 22.6 Å². The largest absolute Gasteiger partial charge is 0.450 e. The first kappa shape index (κ1) is 17.7. The van der Waals surface area contributed by atoms with Gasteiger partial charge in [-0.1, -0.05) is 19.1 Å². The van der Waals surface area contributed by atoms with Crippen LogP contribution < -0.4 is 5.32 Å². The molecule has 0 radical (unpaired) electrons. The first-order chi connectivity index (χ1) is 11.3. The van der Waals surface area contributed by atoms with Crippen LogP contribution >= 0.6 is 0 Å². The monoisotopic (exact) mass is 333 g/mol.